The summed E-state index contributed by atoms with van der Waals surface area (Å²) in [4.78, 5) is 2.58. The van der Waals surface area contributed by atoms with E-state index in [0.29, 0.717) is 12.5 Å². The molecule has 15 heavy (non-hydrogen) atoms. The van der Waals surface area contributed by atoms with E-state index in [1.165, 1.54) is 45.2 Å². The van der Waals surface area contributed by atoms with Crippen LogP contribution in [0.2, 0.25) is 0 Å². The lowest BCUT2D eigenvalue weighted by Gasteiger charge is -2.47. The molecule has 2 nitrogen and oxygen atoms in total. The highest BCUT2D eigenvalue weighted by molar-refractivity contribution is 4.92. The van der Waals surface area contributed by atoms with Crippen molar-refractivity contribution in [1.29, 1.82) is 0 Å². The zero-order valence-electron chi connectivity index (χ0n) is 10.6. The van der Waals surface area contributed by atoms with Crippen LogP contribution in [0.15, 0.2) is 0 Å². The van der Waals surface area contributed by atoms with Crippen molar-refractivity contribution in [2.45, 2.75) is 58.4 Å². The molecule has 0 saturated carbocycles. The molecule has 1 heterocycles. The first-order valence-electron chi connectivity index (χ1n) is 6.48. The molecule has 0 aliphatic carbocycles. The Morgan fingerprint density at radius 1 is 1.33 bits per heavy atom. The Hall–Kier alpha value is -0.0800. The van der Waals surface area contributed by atoms with E-state index >= 15 is 0 Å². The number of unbranched alkanes of at least 4 members (excludes halogenated alkanes) is 2. The topological polar surface area (TPSA) is 23.5 Å². The van der Waals surface area contributed by atoms with Crippen molar-refractivity contribution in [3.63, 3.8) is 0 Å². The minimum absolute atomic E-state index is 0.195. The molecular weight excluding hydrogens is 186 g/mol. The summed E-state index contributed by atoms with van der Waals surface area (Å²) in [7, 11) is 0. The maximum absolute atomic E-state index is 9.39. The van der Waals surface area contributed by atoms with Gasteiger partial charge in [0.2, 0.25) is 0 Å². The van der Waals surface area contributed by atoms with Crippen LogP contribution in [0.5, 0.6) is 0 Å². The van der Waals surface area contributed by atoms with Gasteiger partial charge in [-0.1, -0.05) is 19.8 Å². The molecule has 1 saturated heterocycles. The van der Waals surface area contributed by atoms with Gasteiger partial charge in [-0.2, -0.15) is 0 Å². The molecule has 90 valence electrons. The largest absolute Gasteiger partial charge is 0.396 e. The molecule has 1 N–H and O–H groups in total. The summed E-state index contributed by atoms with van der Waals surface area (Å²) in [6.45, 7) is 9.59. The zero-order valence-corrected chi connectivity index (χ0v) is 10.6. The monoisotopic (exact) mass is 213 g/mol. The summed E-state index contributed by atoms with van der Waals surface area (Å²) in [6.07, 6.45) is 6.36. The van der Waals surface area contributed by atoms with E-state index in [2.05, 4.69) is 25.7 Å². The van der Waals surface area contributed by atoms with Crippen LogP contribution >= 0.6 is 0 Å². The van der Waals surface area contributed by atoms with Gasteiger partial charge in [0.25, 0.3) is 0 Å². The number of likely N-dealkylation sites (tertiary alicyclic amines) is 1. The first-order chi connectivity index (χ1) is 7.12. The number of hydrogen-bond acceptors (Lipinski definition) is 2. The standard InChI is InChI=1S/C13H27NO/c1-4-5-6-9-14-10-7-8-12(11-15)13(14,2)3/h12,15H,4-11H2,1-3H3. The Balaban J connectivity index is 2.47. The van der Waals surface area contributed by atoms with Crippen LogP contribution < -0.4 is 0 Å². The van der Waals surface area contributed by atoms with Crippen molar-refractivity contribution < 1.29 is 5.11 Å². The lowest BCUT2D eigenvalue weighted by Crippen LogP contribution is -2.54. The van der Waals surface area contributed by atoms with Crippen molar-refractivity contribution in [3.8, 4) is 0 Å². The quantitative estimate of drug-likeness (QED) is 0.710. The number of rotatable bonds is 5. The maximum Gasteiger partial charge on any atom is 0.0476 e. The summed E-state index contributed by atoms with van der Waals surface area (Å²) in [6, 6.07) is 0. The third-order valence-corrected chi connectivity index (χ3v) is 4.05. The molecule has 0 spiro atoms. The van der Waals surface area contributed by atoms with Crippen LogP contribution in [-0.2, 0) is 0 Å². The van der Waals surface area contributed by atoms with Crippen molar-refractivity contribution in [2.24, 2.45) is 5.92 Å². The van der Waals surface area contributed by atoms with Gasteiger partial charge in [0, 0.05) is 12.1 Å². The van der Waals surface area contributed by atoms with E-state index in [4.69, 9.17) is 0 Å². The molecule has 1 unspecified atom stereocenters. The molecule has 0 bridgehead atoms. The maximum atomic E-state index is 9.39. The van der Waals surface area contributed by atoms with Gasteiger partial charge >= 0.3 is 0 Å². The molecule has 0 amide bonds. The summed E-state index contributed by atoms with van der Waals surface area (Å²) >= 11 is 0. The summed E-state index contributed by atoms with van der Waals surface area (Å²) in [5.74, 6) is 0.466. The first kappa shape index (κ1) is 13.0. The van der Waals surface area contributed by atoms with Gasteiger partial charge < -0.3 is 5.11 Å². The fourth-order valence-corrected chi connectivity index (χ4v) is 2.70. The zero-order chi connectivity index (χ0) is 11.3. The van der Waals surface area contributed by atoms with Crippen LogP contribution in [0, 0.1) is 5.92 Å². The molecule has 2 heteroatoms. The third kappa shape index (κ3) is 3.18. The Bertz CT molecular complexity index is 179. The van der Waals surface area contributed by atoms with Crippen LogP contribution in [0.4, 0.5) is 0 Å². The van der Waals surface area contributed by atoms with Crippen molar-refractivity contribution in [1.82, 2.24) is 4.90 Å². The highest BCUT2D eigenvalue weighted by Crippen LogP contribution is 2.33. The molecule has 0 aromatic rings. The first-order valence-corrected chi connectivity index (χ1v) is 6.48. The smallest absolute Gasteiger partial charge is 0.0476 e. The summed E-state index contributed by atoms with van der Waals surface area (Å²) in [5.41, 5.74) is 0.195. The van der Waals surface area contributed by atoms with Gasteiger partial charge in [-0.3, -0.25) is 4.90 Å². The van der Waals surface area contributed by atoms with Gasteiger partial charge in [0.15, 0.2) is 0 Å². The number of hydrogen-bond donors (Lipinski definition) is 1. The molecule has 1 aliphatic rings. The highest BCUT2D eigenvalue weighted by Gasteiger charge is 2.37. The fraction of sp³-hybridized carbons (Fsp3) is 1.00. The Morgan fingerprint density at radius 2 is 2.07 bits per heavy atom. The Morgan fingerprint density at radius 3 is 2.67 bits per heavy atom. The summed E-state index contributed by atoms with van der Waals surface area (Å²) in [5, 5.41) is 9.39. The van der Waals surface area contributed by atoms with Crippen LogP contribution in [0.25, 0.3) is 0 Å². The average molecular weight is 213 g/mol. The van der Waals surface area contributed by atoms with Crippen molar-refractivity contribution in [3.05, 3.63) is 0 Å². The van der Waals surface area contributed by atoms with Gasteiger partial charge in [0.1, 0.15) is 0 Å². The molecule has 1 fully saturated rings. The summed E-state index contributed by atoms with van der Waals surface area (Å²) < 4.78 is 0. The lowest BCUT2D eigenvalue weighted by atomic mass is 9.79. The number of piperidine rings is 1. The minimum atomic E-state index is 0.195. The van der Waals surface area contributed by atoms with Crippen molar-refractivity contribution in [2.75, 3.05) is 19.7 Å². The number of aliphatic hydroxyl groups is 1. The normalized spacial score (nSPS) is 26.8. The SMILES string of the molecule is CCCCCN1CCCC(CO)C1(C)C. The van der Waals surface area contributed by atoms with E-state index in [9.17, 15) is 5.11 Å². The van der Waals surface area contributed by atoms with Gasteiger partial charge in [-0.05, 0) is 52.1 Å². The second kappa shape index (κ2) is 5.86. The van der Waals surface area contributed by atoms with E-state index in [-0.39, 0.29) is 5.54 Å². The molecular formula is C13H27NO. The van der Waals surface area contributed by atoms with Crippen LogP contribution in [-0.4, -0.2) is 35.2 Å². The van der Waals surface area contributed by atoms with E-state index < -0.39 is 0 Å². The molecule has 1 atom stereocenters. The molecule has 0 aromatic carbocycles. The Labute approximate surface area is 94.7 Å². The predicted molar refractivity (Wildman–Crippen MR) is 65.0 cm³/mol. The third-order valence-electron chi connectivity index (χ3n) is 4.05. The van der Waals surface area contributed by atoms with Crippen molar-refractivity contribution >= 4 is 0 Å². The van der Waals surface area contributed by atoms with E-state index in [0.717, 1.165) is 0 Å². The molecule has 1 aliphatic heterocycles. The van der Waals surface area contributed by atoms with Gasteiger partial charge in [-0.25, -0.2) is 0 Å². The second-order valence-electron chi connectivity index (χ2n) is 5.37. The highest BCUT2D eigenvalue weighted by atomic mass is 16.3. The van der Waals surface area contributed by atoms with E-state index in [1.54, 1.807) is 0 Å². The Kier molecular flexibility index (Phi) is 5.07. The molecule has 0 radical (unpaired) electrons. The second-order valence-corrected chi connectivity index (χ2v) is 5.37. The number of aliphatic hydroxyl groups excluding tert-OH is 1. The fourth-order valence-electron chi connectivity index (χ4n) is 2.70. The average Bonchev–Trinajstić information content (AvgIpc) is 2.20. The number of nitrogens with zero attached hydrogens (tertiary/aromatic N) is 1. The molecule has 1 rings (SSSR count). The predicted octanol–water partition coefficient (Wildman–Crippen LogP) is 2.66. The molecule has 0 aromatic heterocycles. The van der Waals surface area contributed by atoms with Gasteiger partial charge in [0.05, 0.1) is 0 Å². The van der Waals surface area contributed by atoms with E-state index in [1.807, 2.05) is 0 Å². The minimum Gasteiger partial charge on any atom is -0.396 e. The van der Waals surface area contributed by atoms with Crippen LogP contribution in [0.1, 0.15) is 52.9 Å². The van der Waals surface area contributed by atoms with Gasteiger partial charge in [-0.15, -0.1) is 0 Å². The van der Waals surface area contributed by atoms with Crippen LogP contribution in [0.3, 0.4) is 0 Å². The lowest BCUT2D eigenvalue weighted by molar-refractivity contribution is -0.00517.